The van der Waals surface area contributed by atoms with Gasteiger partial charge >= 0.3 is 5.97 Å². The molecule has 0 aliphatic carbocycles. The number of aromatic nitrogens is 2. The van der Waals surface area contributed by atoms with Crippen molar-refractivity contribution in [2.75, 3.05) is 7.11 Å². The lowest BCUT2D eigenvalue weighted by Gasteiger charge is -1.99. The monoisotopic (exact) mass is 217 g/mol. The summed E-state index contributed by atoms with van der Waals surface area (Å²) >= 11 is 0. The summed E-state index contributed by atoms with van der Waals surface area (Å²) in [5, 5.41) is 5.45. The van der Waals surface area contributed by atoms with Gasteiger partial charge in [0.05, 0.1) is 7.11 Å². The summed E-state index contributed by atoms with van der Waals surface area (Å²) in [5.41, 5.74) is 2.01. The number of nitrogens with zero attached hydrogens (tertiary/aromatic N) is 2. The molecule has 0 unspecified atom stereocenters. The van der Waals surface area contributed by atoms with Crippen LogP contribution >= 0.6 is 0 Å². The molecule has 0 N–H and O–H groups in total. The Bertz CT molecular complexity index is 538. The number of carbonyl (C=O) groups is 1. The Hall–Kier alpha value is -1.97. The number of methoxy groups -OCH3 is 1. The number of fused-ring (bicyclic) bond motifs is 1. The second kappa shape index (κ2) is 4.26. The molecule has 0 amide bonds. The van der Waals surface area contributed by atoms with Crippen molar-refractivity contribution in [3.05, 3.63) is 36.0 Å². The summed E-state index contributed by atoms with van der Waals surface area (Å²) < 4.78 is 6.18. The van der Waals surface area contributed by atoms with Crippen molar-refractivity contribution in [2.24, 2.45) is 0 Å². The number of carbonyl (C=O) groups excluding carboxylic acids is 1. The van der Waals surface area contributed by atoms with Crippen LogP contribution in [0.1, 0.15) is 5.56 Å². The second-order valence-electron chi connectivity index (χ2n) is 3.60. The Balaban J connectivity index is 2.43. The van der Waals surface area contributed by atoms with Gasteiger partial charge in [0.25, 0.3) is 6.54 Å². The topological polar surface area (TPSA) is 43.1 Å². The van der Waals surface area contributed by atoms with E-state index in [0.717, 1.165) is 16.5 Å². The highest BCUT2D eigenvalue weighted by Crippen LogP contribution is 2.12. The zero-order valence-corrected chi connectivity index (χ0v) is 9.30. The molecule has 16 heavy (non-hydrogen) atoms. The van der Waals surface area contributed by atoms with E-state index in [2.05, 4.69) is 9.84 Å². The molecule has 0 bridgehead atoms. The van der Waals surface area contributed by atoms with Crippen molar-refractivity contribution < 1.29 is 14.2 Å². The van der Waals surface area contributed by atoms with Crippen LogP contribution in [0.3, 0.4) is 0 Å². The second-order valence-corrected chi connectivity index (χ2v) is 3.60. The normalized spacial score (nSPS) is 10.4. The Morgan fingerprint density at radius 1 is 1.44 bits per heavy atom. The molecule has 0 radical (unpaired) electrons. The van der Waals surface area contributed by atoms with Gasteiger partial charge in [0.2, 0.25) is 0 Å². The highest BCUT2D eigenvalue weighted by atomic mass is 16.5. The molecule has 2 aromatic rings. The van der Waals surface area contributed by atoms with Gasteiger partial charge in [-0.2, -0.15) is 0 Å². The van der Waals surface area contributed by atoms with Crippen LogP contribution in [0.2, 0.25) is 0 Å². The number of hydrogen-bond acceptors (Lipinski definition) is 3. The van der Waals surface area contributed by atoms with Gasteiger partial charge in [0.15, 0.2) is 6.20 Å². The van der Waals surface area contributed by atoms with Gasteiger partial charge in [-0.25, -0.2) is 4.79 Å². The molecule has 1 aromatic heterocycles. The molecule has 0 spiro atoms. The first-order valence-corrected chi connectivity index (χ1v) is 5.03. The summed E-state index contributed by atoms with van der Waals surface area (Å²) in [5.74, 6) is -0.301. The SMILES string of the molecule is COC(=O)C[n+]1ccc2cccc(C)c2n1. The van der Waals surface area contributed by atoms with Crippen molar-refractivity contribution in [3.8, 4) is 0 Å². The number of rotatable bonds is 2. The van der Waals surface area contributed by atoms with Crippen LogP contribution in [-0.4, -0.2) is 18.2 Å². The van der Waals surface area contributed by atoms with Gasteiger partial charge in [0, 0.05) is 16.6 Å². The minimum atomic E-state index is -0.301. The highest BCUT2D eigenvalue weighted by molar-refractivity contribution is 5.80. The van der Waals surface area contributed by atoms with Gasteiger partial charge < -0.3 is 4.74 Å². The summed E-state index contributed by atoms with van der Waals surface area (Å²) in [6, 6.07) is 7.93. The predicted octanol–water partition coefficient (Wildman–Crippen LogP) is 1.00. The lowest BCUT2D eigenvalue weighted by Crippen LogP contribution is -2.41. The molecule has 0 atom stereocenters. The Morgan fingerprint density at radius 3 is 3.00 bits per heavy atom. The van der Waals surface area contributed by atoms with Crippen molar-refractivity contribution in [1.82, 2.24) is 5.10 Å². The first-order chi connectivity index (χ1) is 7.70. The molecule has 0 aliphatic rings. The van der Waals surface area contributed by atoms with Crippen LogP contribution in [0.5, 0.6) is 0 Å². The third-order valence-corrected chi connectivity index (χ3v) is 2.44. The molecule has 0 fully saturated rings. The van der Waals surface area contributed by atoms with Crippen LogP contribution in [0.4, 0.5) is 0 Å². The minimum absolute atomic E-state index is 0.140. The predicted molar refractivity (Wildman–Crippen MR) is 58.7 cm³/mol. The maximum Gasteiger partial charge on any atom is 0.374 e. The first-order valence-electron chi connectivity index (χ1n) is 5.03. The van der Waals surface area contributed by atoms with E-state index < -0.39 is 0 Å². The van der Waals surface area contributed by atoms with Gasteiger partial charge in [-0.1, -0.05) is 22.9 Å². The summed E-state index contributed by atoms with van der Waals surface area (Å²) in [6.45, 7) is 2.14. The Morgan fingerprint density at radius 2 is 2.25 bits per heavy atom. The maximum absolute atomic E-state index is 11.1. The van der Waals surface area contributed by atoms with Crippen LogP contribution in [0.15, 0.2) is 30.5 Å². The number of hydrogen-bond donors (Lipinski definition) is 0. The lowest BCUT2D eigenvalue weighted by atomic mass is 10.1. The fourth-order valence-electron chi connectivity index (χ4n) is 1.57. The fourth-order valence-corrected chi connectivity index (χ4v) is 1.57. The zero-order chi connectivity index (χ0) is 11.5. The Kier molecular flexibility index (Phi) is 2.81. The molecule has 4 nitrogen and oxygen atoms in total. The van der Waals surface area contributed by atoms with Crippen molar-refractivity contribution in [2.45, 2.75) is 13.5 Å². The molecule has 4 heteroatoms. The van der Waals surface area contributed by atoms with E-state index in [0.29, 0.717) is 0 Å². The average Bonchev–Trinajstić information content (AvgIpc) is 2.30. The van der Waals surface area contributed by atoms with Gasteiger partial charge in [-0.15, -0.1) is 0 Å². The molecule has 82 valence electrons. The van der Waals surface area contributed by atoms with Crippen LogP contribution in [0, 0.1) is 6.92 Å². The van der Waals surface area contributed by atoms with Crippen molar-refractivity contribution >= 4 is 16.9 Å². The minimum Gasteiger partial charge on any atom is -0.464 e. The average molecular weight is 217 g/mol. The molecule has 1 aromatic carbocycles. The number of aryl methyl sites for hydroxylation is 1. The van der Waals surface area contributed by atoms with Gasteiger partial charge in [-0.3, -0.25) is 0 Å². The van der Waals surface area contributed by atoms with E-state index in [4.69, 9.17) is 0 Å². The van der Waals surface area contributed by atoms with Crippen molar-refractivity contribution in [3.63, 3.8) is 0 Å². The maximum atomic E-state index is 11.1. The van der Waals surface area contributed by atoms with Crippen LogP contribution < -0.4 is 4.68 Å². The van der Waals surface area contributed by atoms with Crippen LogP contribution in [0.25, 0.3) is 10.9 Å². The third kappa shape index (κ3) is 2.00. The fraction of sp³-hybridized carbons (Fsp3) is 0.250. The number of esters is 1. The standard InChI is InChI=1S/C12H13N2O2/c1-9-4-3-5-10-6-7-14(13-12(9)10)8-11(15)16-2/h3-7H,8H2,1-2H3/q+1. The molecule has 0 saturated carbocycles. The lowest BCUT2D eigenvalue weighted by molar-refractivity contribution is -0.741. The molecule has 2 rings (SSSR count). The summed E-state index contributed by atoms with van der Waals surface area (Å²) in [6.07, 6.45) is 1.78. The van der Waals surface area contributed by atoms with E-state index in [-0.39, 0.29) is 12.5 Å². The molecule has 0 saturated heterocycles. The smallest absolute Gasteiger partial charge is 0.374 e. The van der Waals surface area contributed by atoms with E-state index in [1.165, 1.54) is 7.11 Å². The molecular weight excluding hydrogens is 204 g/mol. The van der Waals surface area contributed by atoms with E-state index >= 15 is 0 Å². The van der Waals surface area contributed by atoms with Crippen LogP contribution in [-0.2, 0) is 16.1 Å². The largest absolute Gasteiger partial charge is 0.464 e. The van der Waals surface area contributed by atoms with E-state index in [9.17, 15) is 4.79 Å². The number of benzene rings is 1. The molecule has 0 aliphatic heterocycles. The third-order valence-electron chi connectivity index (χ3n) is 2.44. The molecular formula is C12H13N2O2+. The van der Waals surface area contributed by atoms with Crippen molar-refractivity contribution in [1.29, 1.82) is 0 Å². The summed E-state index contributed by atoms with van der Waals surface area (Å²) in [4.78, 5) is 11.1. The van der Waals surface area contributed by atoms with Gasteiger partial charge in [-0.05, 0) is 12.5 Å². The zero-order valence-electron chi connectivity index (χ0n) is 9.30. The first kappa shape index (κ1) is 10.5. The highest BCUT2D eigenvalue weighted by Gasteiger charge is 2.12. The van der Waals surface area contributed by atoms with Gasteiger partial charge in [0.1, 0.15) is 5.52 Å². The number of ether oxygens (including phenoxy) is 1. The summed E-state index contributed by atoms with van der Waals surface area (Å²) in [7, 11) is 1.37. The Labute approximate surface area is 93.5 Å². The quantitative estimate of drug-likeness (QED) is 0.557. The van der Waals surface area contributed by atoms with E-state index in [1.54, 1.807) is 10.9 Å². The van der Waals surface area contributed by atoms with E-state index in [1.807, 2.05) is 31.2 Å². The molecule has 1 heterocycles.